The van der Waals surface area contributed by atoms with Gasteiger partial charge in [-0.15, -0.1) is 0 Å². The van der Waals surface area contributed by atoms with Crippen molar-refractivity contribution >= 4 is 6.03 Å². The second-order valence-corrected chi connectivity index (χ2v) is 8.33. The number of hydrogen-bond acceptors (Lipinski definition) is 4. The van der Waals surface area contributed by atoms with Crippen LogP contribution in [0.25, 0.3) is 0 Å². The van der Waals surface area contributed by atoms with E-state index in [2.05, 4.69) is 41.5 Å². The number of aliphatic hydroxyl groups is 2. The van der Waals surface area contributed by atoms with E-state index in [0.29, 0.717) is 38.9 Å². The number of piperidine rings is 1. The molecule has 3 N–H and O–H groups in total. The van der Waals surface area contributed by atoms with E-state index < -0.39 is 5.60 Å². The van der Waals surface area contributed by atoms with Crippen LogP contribution in [-0.4, -0.2) is 78.0 Å². The molecule has 6 nitrogen and oxygen atoms in total. The van der Waals surface area contributed by atoms with Crippen molar-refractivity contribution in [2.45, 2.75) is 43.1 Å². The summed E-state index contributed by atoms with van der Waals surface area (Å²) in [5.41, 5.74) is 0.221. The Morgan fingerprint density at radius 2 is 1.78 bits per heavy atom. The third-order valence-electron chi connectivity index (χ3n) is 6.41. The summed E-state index contributed by atoms with van der Waals surface area (Å²) in [5.74, 6) is 0. The van der Waals surface area contributed by atoms with Crippen LogP contribution in [0.4, 0.5) is 4.79 Å². The molecule has 27 heavy (non-hydrogen) atoms. The Hall–Kier alpha value is -1.63. The van der Waals surface area contributed by atoms with Crippen molar-refractivity contribution in [3.05, 3.63) is 35.9 Å². The van der Waals surface area contributed by atoms with E-state index in [0.717, 1.165) is 25.9 Å². The Morgan fingerprint density at radius 1 is 1.07 bits per heavy atom. The number of nitrogens with zero attached hydrogens (tertiary/aromatic N) is 2. The maximum Gasteiger partial charge on any atom is 0.317 e. The molecule has 0 aliphatic carbocycles. The van der Waals surface area contributed by atoms with Crippen LogP contribution in [0.5, 0.6) is 0 Å². The van der Waals surface area contributed by atoms with Crippen molar-refractivity contribution in [3.63, 3.8) is 0 Å². The predicted molar refractivity (Wildman–Crippen MR) is 106 cm³/mol. The third kappa shape index (κ3) is 4.81. The zero-order valence-electron chi connectivity index (χ0n) is 16.4. The molecule has 0 radical (unpaired) electrons. The first-order valence-electron chi connectivity index (χ1n) is 10.1. The number of nitrogens with one attached hydrogen (secondary N) is 1. The Balaban J connectivity index is 1.64. The SMILES string of the molecule is CN1CCC(CNC(=O)N2CCC[C@](O)(CO)CC2)(c2ccccc2)CC1. The highest BCUT2D eigenvalue weighted by atomic mass is 16.3. The number of benzene rings is 1. The second-order valence-electron chi connectivity index (χ2n) is 8.33. The molecule has 2 saturated heterocycles. The second kappa shape index (κ2) is 8.59. The molecular formula is C21H33N3O3. The smallest absolute Gasteiger partial charge is 0.317 e. The zero-order valence-corrected chi connectivity index (χ0v) is 16.4. The van der Waals surface area contributed by atoms with Crippen molar-refractivity contribution < 1.29 is 15.0 Å². The minimum absolute atomic E-state index is 0.0267. The first kappa shape index (κ1) is 20.1. The van der Waals surface area contributed by atoms with Gasteiger partial charge in [0.1, 0.15) is 0 Å². The monoisotopic (exact) mass is 375 g/mol. The van der Waals surface area contributed by atoms with Crippen LogP contribution in [0, 0.1) is 0 Å². The molecule has 3 rings (SSSR count). The molecule has 2 heterocycles. The van der Waals surface area contributed by atoms with Crippen LogP contribution in [0.2, 0.25) is 0 Å². The molecule has 2 fully saturated rings. The van der Waals surface area contributed by atoms with Gasteiger partial charge in [0.15, 0.2) is 0 Å². The fourth-order valence-electron chi connectivity index (χ4n) is 4.30. The van der Waals surface area contributed by atoms with E-state index in [4.69, 9.17) is 0 Å². The lowest BCUT2D eigenvalue weighted by molar-refractivity contribution is -0.0248. The molecule has 0 bridgehead atoms. The van der Waals surface area contributed by atoms with Gasteiger partial charge in [0.05, 0.1) is 12.2 Å². The molecule has 2 amide bonds. The van der Waals surface area contributed by atoms with Crippen LogP contribution in [0.1, 0.15) is 37.7 Å². The lowest BCUT2D eigenvalue weighted by Crippen LogP contribution is -2.51. The average Bonchev–Trinajstić information content (AvgIpc) is 2.91. The van der Waals surface area contributed by atoms with Crippen molar-refractivity contribution in [1.29, 1.82) is 0 Å². The molecule has 150 valence electrons. The van der Waals surface area contributed by atoms with Gasteiger partial charge in [0.2, 0.25) is 0 Å². The van der Waals surface area contributed by atoms with Crippen LogP contribution in [0.3, 0.4) is 0 Å². The van der Waals surface area contributed by atoms with Gasteiger partial charge in [0.25, 0.3) is 0 Å². The fourth-order valence-corrected chi connectivity index (χ4v) is 4.30. The summed E-state index contributed by atoms with van der Waals surface area (Å²) in [6.07, 6.45) is 3.72. The van der Waals surface area contributed by atoms with Gasteiger partial charge in [-0.1, -0.05) is 30.3 Å². The first-order valence-corrected chi connectivity index (χ1v) is 10.1. The number of carbonyl (C=O) groups is 1. The van der Waals surface area contributed by atoms with Gasteiger partial charge in [-0.25, -0.2) is 4.79 Å². The minimum atomic E-state index is -1.05. The lowest BCUT2D eigenvalue weighted by Gasteiger charge is -2.41. The van der Waals surface area contributed by atoms with E-state index in [-0.39, 0.29) is 18.1 Å². The molecule has 0 spiro atoms. The molecule has 0 saturated carbocycles. The molecule has 1 atom stereocenters. The molecule has 0 aromatic heterocycles. The summed E-state index contributed by atoms with van der Waals surface area (Å²) in [6, 6.07) is 10.5. The summed E-state index contributed by atoms with van der Waals surface area (Å²) in [6.45, 7) is 3.53. The van der Waals surface area contributed by atoms with E-state index in [1.807, 2.05) is 6.07 Å². The van der Waals surface area contributed by atoms with E-state index >= 15 is 0 Å². The van der Waals surface area contributed by atoms with Gasteiger partial charge in [-0.2, -0.15) is 0 Å². The number of likely N-dealkylation sites (tertiary alicyclic amines) is 2. The van der Waals surface area contributed by atoms with Gasteiger partial charge in [-0.05, 0) is 57.8 Å². The van der Waals surface area contributed by atoms with Gasteiger partial charge in [0, 0.05) is 25.0 Å². The highest BCUT2D eigenvalue weighted by molar-refractivity contribution is 5.74. The Morgan fingerprint density at radius 3 is 2.44 bits per heavy atom. The fraction of sp³-hybridized carbons (Fsp3) is 0.667. The normalized spacial score (nSPS) is 26.4. The molecule has 1 aromatic carbocycles. The first-order chi connectivity index (χ1) is 13.0. The third-order valence-corrected chi connectivity index (χ3v) is 6.41. The number of rotatable bonds is 4. The summed E-state index contributed by atoms with van der Waals surface area (Å²) < 4.78 is 0. The number of aliphatic hydroxyl groups excluding tert-OH is 1. The molecule has 2 aliphatic heterocycles. The minimum Gasteiger partial charge on any atom is -0.393 e. The Labute approximate surface area is 162 Å². The molecule has 0 unspecified atom stereocenters. The van der Waals surface area contributed by atoms with Crippen molar-refractivity contribution in [3.8, 4) is 0 Å². The molecular weight excluding hydrogens is 342 g/mol. The number of amides is 2. The van der Waals surface area contributed by atoms with Crippen LogP contribution >= 0.6 is 0 Å². The predicted octanol–water partition coefficient (Wildman–Crippen LogP) is 1.57. The topological polar surface area (TPSA) is 76.0 Å². The molecule has 1 aromatic rings. The number of urea groups is 1. The van der Waals surface area contributed by atoms with Gasteiger partial charge < -0.3 is 25.3 Å². The maximum absolute atomic E-state index is 12.8. The largest absolute Gasteiger partial charge is 0.393 e. The average molecular weight is 376 g/mol. The molecule has 2 aliphatic rings. The zero-order chi connectivity index (χ0) is 19.3. The lowest BCUT2D eigenvalue weighted by atomic mass is 9.72. The van der Waals surface area contributed by atoms with Gasteiger partial charge in [-0.3, -0.25) is 0 Å². The summed E-state index contributed by atoms with van der Waals surface area (Å²) >= 11 is 0. The van der Waals surface area contributed by atoms with E-state index in [1.165, 1.54) is 5.56 Å². The quantitative estimate of drug-likeness (QED) is 0.747. The Bertz CT molecular complexity index is 616. The van der Waals surface area contributed by atoms with E-state index in [1.54, 1.807) is 4.90 Å². The molecule has 6 heteroatoms. The highest BCUT2D eigenvalue weighted by Gasteiger charge is 2.36. The van der Waals surface area contributed by atoms with E-state index in [9.17, 15) is 15.0 Å². The van der Waals surface area contributed by atoms with Gasteiger partial charge >= 0.3 is 6.03 Å². The van der Waals surface area contributed by atoms with Crippen molar-refractivity contribution in [2.75, 3.05) is 46.4 Å². The summed E-state index contributed by atoms with van der Waals surface area (Å²) in [4.78, 5) is 16.9. The van der Waals surface area contributed by atoms with Crippen molar-refractivity contribution in [2.24, 2.45) is 0 Å². The van der Waals surface area contributed by atoms with Crippen LogP contribution in [-0.2, 0) is 5.41 Å². The standard InChI is InChI=1S/C21H33N3O3/c1-23-13-9-20(10-14-23,18-6-3-2-4-7-18)16-22-19(26)24-12-5-8-21(27,17-25)11-15-24/h2-4,6-7,25,27H,5,8-17H2,1H3,(H,22,26)/t21-/m1/s1. The van der Waals surface area contributed by atoms with Crippen LogP contribution in [0.15, 0.2) is 30.3 Å². The number of carbonyl (C=O) groups excluding carboxylic acids is 1. The summed E-state index contributed by atoms with van der Waals surface area (Å²) in [7, 11) is 2.15. The Kier molecular flexibility index (Phi) is 6.40. The van der Waals surface area contributed by atoms with Crippen LogP contribution < -0.4 is 5.32 Å². The van der Waals surface area contributed by atoms with Crippen molar-refractivity contribution in [1.82, 2.24) is 15.1 Å². The maximum atomic E-state index is 12.8. The summed E-state index contributed by atoms with van der Waals surface area (Å²) in [5, 5.41) is 22.9. The highest BCUT2D eigenvalue weighted by Crippen LogP contribution is 2.34. The number of hydrogen-bond donors (Lipinski definition) is 3.